The van der Waals surface area contributed by atoms with Gasteiger partial charge in [-0.3, -0.25) is 4.79 Å². The van der Waals surface area contributed by atoms with Gasteiger partial charge in [-0.25, -0.2) is 0 Å². The highest BCUT2D eigenvalue weighted by Crippen LogP contribution is 2.48. The van der Waals surface area contributed by atoms with Gasteiger partial charge in [-0.15, -0.1) is 0 Å². The van der Waals surface area contributed by atoms with Gasteiger partial charge < -0.3 is 9.47 Å². The largest absolute Gasteiger partial charge is 0.350 e. The molecular formula is C18H27BrO3. The van der Waals surface area contributed by atoms with Crippen LogP contribution in [0.3, 0.4) is 0 Å². The van der Waals surface area contributed by atoms with Crippen LogP contribution in [-0.4, -0.2) is 30.6 Å². The first kappa shape index (κ1) is 17.9. The molecule has 0 aromatic heterocycles. The van der Waals surface area contributed by atoms with E-state index in [4.69, 9.17) is 9.47 Å². The van der Waals surface area contributed by atoms with Gasteiger partial charge in [-0.1, -0.05) is 41.4 Å². The molecule has 2 rings (SSSR count). The SMILES string of the molecule is CC1=C(C(=O)/C=C/CCCBr)C(C)(C)C(C2OCCO2)CC1. The maximum atomic E-state index is 12.7. The number of halogens is 1. The molecule has 0 aromatic rings. The smallest absolute Gasteiger partial charge is 0.181 e. The van der Waals surface area contributed by atoms with E-state index in [-0.39, 0.29) is 23.4 Å². The molecule has 1 heterocycles. The summed E-state index contributed by atoms with van der Waals surface area (Å²) in [6.45, 7) is 7.73. The van der Waals surface area contributed by atoms with Crippen LogP contribution in [0.1, 0.15) is 46.5 Å². The molecule has 3 nitrogen and oxygen atoms in total. The van der Waals surface area contributed by atoms with Gasteiger partial charge in [0.25, 0.3) is 0 Å². The van der Waals surface area contributed by atoms with Crippen LogP contribution in [0.25, 0.3) is 0 Å². The average Bonchev–Trinajstić information content (AvgIpc) is 2.96. The highest BCUT2D eigenvalue weighted by atomic mass is 79.9. The molecule has 1 saturated heterocycles. The number of ether oxygens (including phenoxy) is 2. The Labute approximate surface area is 142 Å². The van der Waals surface area contributed by atoms with Crippen molar-refractivity contribution >= 4 is 21.7 Å². The summed E-state index contributed by atoms with van der Waals surface area (Å²) >= 11 is 3.41. The second-order valence-corrected chi connectivity index (χ2v) is 7.52. The molecule has 0 aromatic carbocycles. The van der Waals surface area contributed by atoms with E-state index in [2.05, 4.69) is 36.7 Å². The highest BCUT2D eigenvalue weighted by molar-refractivity contribution is 9.09. The average molecular weight is 371 g/mol. The molecule has 0 spiro atoms. The Morgan fingerprint density at radius 3 is 2.68 bits per heavy atom. The Hall–Kier alpha value is -0.450. The molecular weight excluding hydrogens is 344 g/mol. The lowest BCUT2D eigenvalue weighted by atomic mass is 9.64. The number of rotatable bonds is 6. The number of alkyl halides is 1. The van der Waals surface area contributed by atoms with E-state index in [0.717, 1.165) is 36.6 Å². The molecule has 0 saturated carbocycles. The lowest BCUT2D eigenvalue weighted by Crippen LogP contribution is -2.41. The van der Waals surface area contributed by atoms with Crippen LogP contribution in [-0.2, 0) is 14.3 Å². The predicted molar refractivity (Wildman–Crippen MR) is 92.1 cm³/mol. The van der Waals surface area contributed by atoms with Crippen molar-refractivity contribution in [2.24, 2.45) is 11.3 Å². The molecule has 0 amide bonds. The molecule has 0 bridgehead atoms. The fourth-order valence-electron chi connectivity index (χ4n) is 3.68. The van der Waals surface area contributed by atoms with E-state index >= 15 is 0 Å². The first-order valence-corrected chi connectivity index (χ1v) is 9.31. The van der Waals surface area contributed by atoms with Crippen LogP contribution in [0.2, 0.25) is 0 Å². The Balaban J connectivity index is 2.16. The van der Waals surface area contributed by atoms with Gasteiger partial charge in [0.1, 0.15) is 0 Å². The van der Waals surface area contributed by atoms with Gasteiger partial charge >= 0.3 is 0 Å². The standard InChI is InChI=1S/C18H27BrO3/c1-13-8-9-14(17-21-11-12-22-17)18(2,3)16(13)15(20)7-5-4-6-10-19/h5,7,14,17H,4,6,8-12H2,1-3H3/b7-5+. The van der Waals surface area contributed by atoms with Gasteiger partial charge in [0, 0.05) is 22.2 Å². The van der Waals surface area contributed by atoms with E-state index in [9.17, 15) is 4.79 Å². The maximum absolute atomic E-state index is 12.7. The number of ketones is 1. The first-order valence-electron chi connectivity index (χ1n) is 8.18. The summed E-state index contributed by atoms with van der Waals surface area (Å²) in [6, 6.07) is 0. The summed E-state index contributed by atoms with van der Waals surface area (Å²) in [4.78, 5) is 12.7. The zero-order chi connectivity index (χ0) is 16.2. The molecule has 1 atom stereocenters. The van der Waals surface area contributed by atoms with Crippen LogP contribution in [0.5, 0.6) is 0 Å². The normalized spacial score (nSPS) is 26.1. The fourth-order valence-corrected chi connectivity index (χ4v) is 4.00. The third-order valence-electron chi connectivity index (χ3n) is 4.82. The van der Waals surface area contributed by atoms with Gasteiger partial charge in [0.15, 0.2) is 12.1 Å². The molecule has 124 valence electrons. The molecule has 1 aliphatic carbocycles. The summed E-state index contributed by atoms with van der Waals surface area (Å²) < 4.78 is 11.5. The maximum Gasteiger partial charge on any atom is 0.181 e. The third-order valence-corrected chi connectivity index (χ3v) is 5.39. The second kappa shape index (κ2) is 7.89. The molecule has 2 aliphatic rings. The molecule has 1 fully saturated rings. The second-order valence-electron chi connectivity index (χ2n) is 6.73. The van der Waals surface area contributed by atoms with Crippen LogP contribution in [0.15, 0.2) is 23.3 Å². The highest BCUT2D eigenvalue weighted by Gasteiger charge is 2.45. The van der Waals surface area contributed by atoms with Crippen molar-refractivity contribution in [2.75, 3.05) is 18.5 Å². The lowest BCUT2D eigenvalue weighted by Gasteiger charge is -2.42. The topological polar surface area (TPSA) is 35.5 Å². The minimum absolute atomic E-state index is 0.153. The summed E-state index contributed by atoms with van der Waals surface area (Å²) in [5.74, 6) is 0.397. The Morgan fingerprint density at radius 1 is 1.36 bits per heavy atom. The van der Waals surface area contributed by atoms with E-state index in [1.807, 2.05) is 6.08 Å². The summed E-state index contributed by atoms with van der Waals surface area (Å²) in [6.07, 6.45) is 7.54. The van der Waals surface area contributed by atoms with Crippen molar-refractivity contribution in [1.82, 2.24) is 0 Å². The van der Waals surface area contributed by atoms with E-state index in [0.29, 0.717) is 13.2 Å². The third kappa shape index (κ3) is 3.90. The van der Waals surface area contributed by atoms with Gasteiger partial charge in [0.05, 0.1) is 13.2 Å². The Morgan fingerprint density at radius 2 is 2.05 bits per heavy atom. The van der Waals surface area contributed by atoms with E-state index in [1.54, 1.807) is 6.08 Å². The fraction of sp³-hybridized carbons (Fsp3) is 0.722. The number of carbonyl (C=O) groups is 1. The molecule has 0 radical (unpaired) electrons. The molecule has 22 heavy (non-hydrogen) atoms. The van der Waals surface area contributed by atoms with Crippen molar-refractivity contribution < 1.29 is 14.3 Å². The van der Waals surface area contributed by atoms with E-state index in [1.165, 1.54) is 5.57 Å². The quantitative estimate of drug-likeness (QED) is 0.394. The van der Waals surface area contributed by atoms with Crippen molar-refractivity contribution in [1.29, 1.82) is 0 Å². The van der Waals surface area contributed by atoms with Gasteiger partial charge in [0.2, 0.25) is 0 Å². The Bertz CT molecular complexity index is 459. The first-order chi connectivity index (χ1) is 10.5. The Kier molecular flexibility index (Phi) is 6.42. The van der Waals surface area contributed by atoms with Crippen LogP contribution < -0.4 is 0 Å². The number of hydrogen-bond acceptors (Lipinski definition) is 3. The summed E-state index contributed by atoms with van der Waals surface area (Å²) in [5, 5.41) is 0.969. The summed E-state index contributed by atoms with van der Waals surface area (Å²) in [5.41, 5.74) is 1.96. The number of hydrogen-bond donors (Lipinski definition) is 0. The molecule has 4 heteroatoms. The predicted octanol–water partition coefficient (Wildman–Crippen LogP) is 4.41. The number of allylic oxidation sites excluding steroid dienone is 4. The van der Waals surface area contributed by atoms with Crippen LogP contribution >= 0.6 is 15.9 Å². The van der Waals surface area contributed by atoms with E-state index < -0.39 is 0 Å². The van der Waals surface area contributed by atoms with Crippen molar-refractivity contribution in [3.63, 3.8) is 0 Å². The lowest BCUT2D eigenvalue weighted by molar-refractivity contribution is -0.123. The number of carbonyl (C=O) groups excluding carboxylic acids is 1. The zero-order valence-corrected chi connectivity index (χ0v) is 15.4. The van der Waals surface area contributed by atoms with Crippen molar-refractivity contribution in [3.05, 3.63) is 23.3 Å². The zero-order valence-electron chi connectivity index (χ0n) is 13.9. The van der Waals surface area contributed by atoms with Crippen LogP contribution in [0, 0.1) is 11.3 Å². The van der Waals surface area contributed by atoms with Crippen molar-refractivity contribution in [3.8, 4) is 0 Å². The van der Waals surface area contributed by atoms with Gasteiger partial charge in [-0.05, 0) is 38.7 Å². The minimum atomic E-state index is -0.214. The molecule has 1 unspecified atom stereocenters. The summed E-state index contributed by atoms with van der Waals surface area (Å²) in [7, 11) is 0. The van der Waals surface area contributed by atoms with Crippen molar-refractivity contribution in [2.45, 2.75) is 52.7 Å². The number of unbranched alkanes of at least 4 members (excludes halogenated alkanes) is 1. The van der Waals surface area contributed by atoms with Gasteiger partial charge in [-0.2, -0.15) is 0 Å². The van der Waals surface area contributed by atoms with Crippen LogP contribution in [0.4, 0.5) is 0 Å². The molecule has 0 N–H and O–H groups in total. The monoisotopic (exact) mass is 370 g/mol. The minimum Gasteiger partial charge on any atom is -0.350 e. The molecule has 1 aliphatic heterocycles.